The van der Waals surface area contributed by atoms with Crippen LogP contribution in [0.2, 0.25) is 0 Å². The molecule has 50 heavy (non-hydrogen) atoms. The summed E-state index contributed by atoms with van der Waals surface area (Å²) in [6.07, 6.45) is 25.8. The molecule has 0 spiro atoms. The molecule has 0 aliphatic carbocycles. The first kappa shape index (κ1) is 49.2. The lowest BCUT2D eigenvalue weighted by Gasteiger charge is -2.18. The maximum Gasteiger partial charge on any atom is 0.306 e. The highest BCUT2D eigenvalue weighted by Crippen LogP contribution is 2.22. The molecule has 0 aromatic heterocycles. The zero-order valence-electron chi connectivity index (χ0n) is 33.3. The average molecular weight is 719 g/mol. The predicted molar refractivity (Wildman–Crippen MR) is 203 cm³/mol. The Morgan fingerprint density at radius 2 is 1.20 bits per heavy atom. The van der Waals surface area contributed by atoms with Crippen LogP contribution in [0.5, 0.6) is 0 Å². The molecule has 1 fully saturated rings. The molecule has 0 saturated carbocycles. The lowest BCUT2D eigenvalue weighted by molar-refractivity contribution is -0.150. The minimum atomic E-state index is -0.841. The van der Waals surface area contributed by atoms with E-state index in [-0.39, 0.29) is 37.5 Å². The highest BCUT2D eigenvalue weighted by molar-refractivity contribution is 5.69. The monoisotopic (exact) mass is 719 g/mol. The number of aliphatic hydroxyl groups is 3. The second-order valence-corrected chi connectivity index (χ2v) is 14.8. The van der Waals surface area contributed by atoms with Gasteiger partial charge in [0.2, 0.25) is 0 Å². The molecule has 1 heterocycles. The average Bonchev–Trinajstić information content (AvgIpc) is 3.45. The molecule has 0 radical (unpaired) electrons. The lowest BCUT2D eigenvalue weighted by Crippen LogP contribution is -2.24. The Hall–Kier alpha value is -0.810. The standard InChI is InChI=1S/C25H50O5.C16H32O4/c1-3-5-7-9-10-11-12-14-16-18-25(28)30-24(17-15-13-8-6-4-2)19-20-29-22-23(27)21-26;1-4-5-6-7-8-9-14(17)10-11-18-12-15-13-19-16(2,3)20-15/h23-24,26-27H,3-22H2,1-2H3;14-15,17H,4-13H2,1-3H3/t23-,24+;14-,15-/m01/s1. The maximum atomic E-state index is 12.2. The third kappa shape index (κ3) is 33.1. The highest BCUT2D eigenvalue weighted by atomic mass is 16.7. The number of ether oxygens (including phenoxy) is 5. The van der Waals surface area contributed by atoms with Gasteiger partial charge in [0.05, 0.1) is 39.1 Å². The molecular formula is C41H82O9. The van der Waals surface area contributed by atoms with Crippen LogP contribution in [-0.4, -0.2) is 91.1 Å². The first-order chi connectivity index (χ1) is 24.2. The summed E-state index contributed by atoms with van der Waals surface area (Å²) < 4.78 is 27.8. The van der Waals surface area contributed by atoms with Gasteiger partial charge in [-0.1, -0.05) is 130 Å². The van der Waals surface area contributed by atoms with Crippen molar-refractivity contribution in [1.82, 2.24) is 0 Å². The van der Waals surface area contributed by atoms with E-state index in [2.05, 4.69) is 20.8 Å². The molecule has 1 saturated heterocycles. The minimum Gasteiger partial charge on any atom is -0.462 e. The van der Waals surface area contributed by atoms with Gasteiger partial charge in [-0.2, -0.15) is 0 Å². The fourth-order valence-corrected chi connectivity index (χ4v) is 5.96. The number of carbonyl (C=O) groups is 1. The van der Waals surface area contributed by atoms with E-state index in [0.29, 0.717) is 45.7 Å². The summed E-state index contributed by atoms with van der Waals surface area (Å²) in [6.45, 7) is 12.5. The molecule has 9 nitrogen and oxygen atoms in total. The third-order valence-corrected chi connectivity index (χ3v) is 9.12. The lowest BCUT2D eigenvalue weighted by atomic mass is 10.1. The number of unbranched alkanes of at least 4 members (excludes halogenated alkanes) is 16. The van der Waals surface area contributed by atoms with E-state index in [1.807, 2.05) is 13.8 Å². The normalized spacial score (nSPS) is 17.2. The molecule has 0 aromatic rings. The molecule has 0 aromatic carbocycles. The first-order valence-corrected chi connectivity index (χ1v) is 20.8. The molecule has 9 heteroatoms. The molecule has 1 aliphatic rings. The van der Waals surface area contributed by atoms with Crippen LogP contribution in [0.25, 0.3) is 0 Å². The van der Waals surface area contributed by atoms with Crippen LogP contribution in [0.4, 0.5) is 0 Å². The summed E-state index contributed by atoms with van der Waals surface area (Å²) in [4.78, 5) is 12.2. The summed E-state index contributed by atoms with van der Waals surface area (Å²) in [5.74, 6) is -0.571. The quantitative estimate of drug-likeness (QED) is 0.0441. The van der Waals surface area contributed by atoms with E-state index in [1.165, 1.54) is 96.3 Å². The number of hydrogen-bond acceptors (Lipinski definition) is 9. The second kappa shape index (κ2) is 35.2. The van der Waals surface area contributed by atoms with E-state index >= 15 is 0 Å². The minimum absolute atomic E-state index is 0.0242. The Bertz CT molecular complexity index is 720. The van der Waals surface area contributed by atoms with Crippen LogP contribution >= 0.6 is 0 Å². The number of hydrogen-bond donors (Lipinski definition) is 3. The zero-order chi connectivity index (χ0) is 37.1. The summed E-state index contributed by atoms with van der Waals surface area (Å²) in [6, 6.07) is 0. The molecule has 3 N–H and O–H groups in total. The molecule has 4 atom stereocenters. The van der Waals surface area contributed by atoms with Gasteiger partial charge in [-0.3, -0.25) is 4.79 Å². The Kier molecular flexibility index (Phi) is 34.7. The Labute approximate surface area is 307 Å². The van der Waals surface area contributed by atoms with Crippen molar-refractivity contribution in [2.24, 2.45) is 0 Å². The van der Waals surface area contributed by atoms with Crippen LogP contribution < -0.4 is 0 Å². The van der Waals surface area contributed by atoms with Crippen molar-refractivity contribution >= 4 is 5.97 Å². The van der Waals surface area contributed by atoms with Crippen molar-refractivity contribution in [3.05, 3.63) is 0 Å². The molecule has 300 valence electrons. The van der Waals surface area contributed by atoms with Crippen molar-refractivity contribution < 1.29 is 43.8 Å². The SMILES string of the molecule is CCCCCCCCCCCC(=O)O[C@H](CCCCCCC)CCOC[C@@H](O)CO.CCCCCCC[C@@H](O)CCOC[C@@H]1COC(C)(C)O1. The molecule has 0 amide bonds. The second-order valence-electron chi connectivity index (χ2n) is 14.8. The largest absolute Gasteiger partial charge is 0.462 e. The van der Waals surface area contributed by atoms with Gasteiger partial charge >= 0.3 is 5.97 Å². The Balaban J connectivity index is 0.00000104. The molecule has 1 rings (SSSR count). The number of rotatable bonds is 34. The van der Waals surface area contributed by atoms with Crippen molar-refractivity contribution in [2.75, 3.05) is 39.6 Å². The molecule has 0 unspecified atom stereocenters. The first-order valence-electron chi connectivity index (χ1n) is 20.8. The van der Waals surface area contributed by atoms with Gasteiger partial charge in [0.15, 0.2) is 5.79 Å². The molecule has 1 aliphatic heterocycles. The smallest absolute Gasteiger partial charge is 0.306 e. The van der Waals surface area contributed by atoms with Crippen molar-refractivity contribution in [3.63, 3.8) is 0 Å². The van der Waals surface area contributed by atoms with Gasteiger partial charge in [0, 0.05) is 19.4 Å². The Morgan fingerprint density at radius 1 is 0.680 bits per heavy atom. The number of carbonyl (C=O) groups excluding carboxylic acids is 1. The summed E-state index contributed by atoms with van der Waals surface area (Å²) in [5.41, 5.74) is 0. The van der Waals surface area contributed by atoms with Crippen molar-refractivity contribution in [2.45, 2.75) is 219 Å². The van der Waals surface area contributed by atoms with E-state index in [9.17, 15) is 15.0 Å². The van der Waals surface area contributed by atoms with Gasteiger partial charge < -0.3 is 39.0 Å². The van der Waals surface area contributed by atoms with Gasteiger partial charge in [-0.05, 0) is 46.0 Å². The van der Waals surface area contributed by atoms with E-state index in [1.54, 1.807) is 0 Å². The zero-order valence-corrected chi connectivity index (χ0v) is 33.3. The van der Waals surface area contributed by atoms with E-state index in [0.717, 1.165) is 38.5 Å². The maximum absolute atomic E-state index is 12.2. The topological polar surface area (TPSA) is 124 Å². The predicted octanol–water partition coefficient (Wildman–Crippen LogP) is 9.21. The fourth-order valence-electron chi connectivity index (χ4n) is 5.96. The Morgan fingerprint density at radius 3 is 1.74 bits per heavy atom. The van der Waals surface area contributed by atoms with Gasteiger partial charge in [-0.15, -0.1) is 0 Å². The van der Waals surface area contributed by atoms with Crippen LogP contribution in [-0.2, 0) is 28.5 Å². The van der Waals surface area contributed by atoms with E-state index < -0.39 is 11.9 Å². The van der Waals surface area contributed by atoms with Crippen LogP contribution in [0.15, 0.2) is 0 Å². The molecule has 0 bridgehead atoms. The van der Waals surface area contributed by atoms with Crippen molar-refractivity contribution in [1.29, 1.82) is 0 Å². The van der Waals surface area contributed by atoms with Gasteiger partial charge in [0.1, 0.15) is 18.3 Å². The highest BCUT2D eigenvalue weighted by Gasteiger charge is 2.32. The van der Waals surface area contributed by atoms with Crippen LogP contribution in [0.3, 0.4) is 0 Å². The molecular weight excluding hydrogens is 636 g/mol. The van der Waals surface area contributed by atoms with E-state index in [4.69, 9.17) is 28.8 Å². The van der Waals surface area contributed by atoms with Crippen LogP contribution in [0.1, 0.15) is 189 Å². The fraction of sp³-hybridized carbons (Fsp3) is 0.976. The third-order valence-electron chi connectivity index (χ3n) is 9.12. The summed E-state index contributed by atoms with van der Waals surface area (Å²) >= 11 is 0. The number of aliphatic hydroxyl groups excluding tert-OH is 3. The number of esters is 1. The summed E-state index contributed by atoms with van der Waals surface area (Å²) in [5, 5.41) is 28.0. The van der Waals surface area contributed by atoms with Crippen molar-refractivity contribution in [3.8, 4) is 0 Å². The van der Waals surface area contributed by atoms with Crippen LogP contribution in [0, 0.1) is 0 Å². The summed E-state index contributed by atoms with van der Waals surface area (Å²) in [7, 11) is 0. The van der Waals surface area contributed by atoms with Gasteiger partial charge in [-0.25, -0.2) is 0 Å². The van der Waals surface area contributed by atoms with Gasteiger partial charge in [0.25, 0.3) is 0 Å².